The van der Waals surface area contributed by atoms with E-state index in [0.29, 0.717) is 5.56 Å². The second-order valence-electron chi connectivity index (χ2n) is 4.63. The largest absolute Gasteiger partial charge is 0.387 e. The molecular formula is C15H16F2N2O. The van der Waals surface area contributed by atoms with Crippen LogP contribution in [0.3, 0.4) is 0 Å². The molecule has 2 aromatic rings. The Labute approximate surface area is 116 Å². The molecule has 2 atom stereocenters. The van der Waals surface area contributed by atoms with Crippen molar-refractivity contribution in [3.05, 3.63) is 65.5 Å². The first-order valence-electron chi connectivity index (χ1n) is 6.33. The number of hydrogen-bond donors (Lipinski definition) is 2. The average Bonchev–Trinajstić information content (AvgIpc) is 2.44. The van der Waals surface area contributed by atoms with Gasteiger partial charge in [-0.1, -0.05) is 0 Å². The number of aliphatic hydroxyl groups is 1. The lowest BCUT2D eigenvalue weighted by Crippen LogP contribution is -2.24. The normalized spacial score (nSPS) is 14.0. The number of pyridine rings is 1. The zero-order valence-corrected chi connectivity index (χ0v) is 11.1. The highest BCUT2D eigenvalue weighted by molar-refractivity contribution is 5.21. The van der Waals surface area contributed by atoms with Crippen LogP contribution in [-0.4, -0.2) is 16.6 Å². The highest BCUT2D eigenvalue weighted by atomic mass is 19.1. The maximum absolute atomic E-state index is 13.1. The minimum Gasteiger partial charge on any atom is -0.387 e. The first-order valence-corrected chi connectivity index (χ1v) is 6.33. The minimum atomic E-state index is -0.696. The predicted molar refractivity (Wildman–Crippen MR) is 72.0 cm³/mol. The SMILES string of the molecule is C[C@H](NC[C@@H](O)c1ccncc1)c1cc(F)cc(F)c1. The molecule has 0 amide bonds. The van der Waals surface area contributed by atoms with Gasteiger partial charge in [0.1, 0.15) is 11.6 Å². The highest BCUT2D eigenvalue weighted by Crippen LogP contribution is 2.17. The third-order valence-electron chi connectivity index (χ3n) is 3.09. The molecule has 0 spiro atoms. The van der Waals surface area contributed by atoms with Crippen LogP contribution in [0, 0.1) is 11.6 Å². The van der Waals surface area contributed by atoms with Crippen LogP contribution in [0.1, 0.15) is 30.2 Å². The summed E-state index contributed by atoms with van der Waals surface area (Å²) in [6.07, 6.45) is 2.51. The topological polar surface area (TPSA) is 45.1 Å². The molecule has 2 N–H and O–H groups in total. The van der Waals surface area contributed by atoms with Crippen molar-refractivity contribution >= 4 is 0 Å². The van der Waals surface area contributed by atoms with Crippen molar-refractivity contribution < 1.29 is 13.9 Å². The third kappa shape index (κ3) is 3.82. The summed E-state index contributed by atoms with van der Waals surface area (Å²) in [5.41, 5.74) is 1.24. The van der Waals surface area contributed by atoms with Crippen LogP contribution >= 0.6 is 0 Å². The molecule has 3 nitrogen and oxygen atoms in total. The molecule has 0 saturated carbocycles. The summed E-state index contributed by atoms with van der Waals surface area (Å²) in [4.78, 5) is 3.88. The van der Waals surface area contributed by atoms with E-state index in [0.717, 1.165) is 11.6 Å². The summed E-state index contributed by atoms with van der Waals surface area (Å²) in [6, 6.07) is 6.57. The summed E-state index contributed by atoms with van der Waals surface area (Å²) in [6.45, 7) is 2.07. The lowest BCUT2D eigenvalue weighted by atomic mass is 10.1. The Morgan fingerprint density at radius 2 is 1.70 bits per heavy atom. The Morgan fingerprint density at radius 1 is 1.10 bits per heavy atom. The van der Waals surface area contributed by atoms with E-state index in [9.17, 15) is 13.9 Å². The standard InChI is InChI=1S/C15H16F2N2O/c1-10(12-6-13(16)8-14(17)7-12)19-9-15(20)11-2-4-18-5-3-11/h2-8,10,15,19-20H,9H2,1H3/t10-,15+/m0/s1. The van der Waals surface area contributed by atoms with Gasteiger partial charge >= 0.3 is 0 Å². The molecule has 1 heterocycles. The second-order valence-corrected chi connectivity index (χ2v) is 4.63. The third-order valence-corrected chi connectivity index (χ3v) is 3.09. The Bertz CT molecular complexity index is 543. The molecule has 1 aromatic carbocycles. The Kier molecular flexibility index (Phi) is 4.76. The monoisotopic (exact) mass is 278 g/mol. The van der Waals surface area contributed by atoms with Crippen LogP contribution in [0.5, 0.6) is 0 Å². The van der Waals surface area contributed by atoms with E-state index in [4.69, 9.17) is 0 Å². The Balaban J connectivity index is 1.96. The van der Waals surface area contributed by atoms with Gasteiger partial charge in [0.25, 0.3) is 0 Å². The number of aliphatic hydroxyl groups excluding tert-OH is 1. The van der Waals surface area contributed by atoms with Crippen LogP contribution in [0.2, 0.25) is 0 Å². The van der Waals surface area contributed by atoms with E-state index >= 15 is 0 Å². The van der Waals surface area contributed by atoms with E-state index in [-0.39, 0.29) is 12.6 Å². The Hall–Kier alpha value is -1.85. The maximum atomic E-state index is 13.1. The summed E-state index contributed by atoms with van der Waals surface area (Å²) in [5.74, 6) is -1.22. The van der Waals surface area contributed by atoms with Gasteiger partial charge in [0, 0.05) is 31.0 Å². The molecule has 0 aliphatic heterocycles. The molecule has 5 heteroatoms. The van der Waals surface area contributed by atoms with Gasteiger partial charge in [0.2, 0.25) is 0 Å². The van der Waals surface area contributed by atoms with Gasteiger partial charge in [0.15, 0.2) is 0 Å². The van der Waals surface area contributed by atoms with Crippen LogP contribution < -0.4 is 5.32 Å². The number of rotatable bonds is 5. The van der Waals surface area contributed by atoms with Gasteiger partial charge in [0.05, 0.1) is 6.10 Å². The van der Waals surface area contributed by atoms with Crippen molar-refractivity contribution in [3.63, 3.8) is 0 Å². The lowest BCUT2D eigenvalue weighted by Gasteiger charge is -2.18. The summed E-state index contributed by atoms with van der Waals surface area (Å²) in [5, 5.41) is 13.0. The van der Waals surface area contributed by atoms with E-state index in [2.05, 4.69) is 10.3 Å². The minimum absolute atomic E-state index is 0.267. The second kappa shape index (κ2) is 6.54. The van der Waals surface area contributed by atoms with E-state index in [1.807, 2.05) is 0 Å². The smallest absolute Gasteiger partial charge is 0.126 e. The molecular weight excluding hydrogens is 262 g/mol. The van der Waals surface area contributed by atoms with Crippen molar-refractivity contribution in [2.24, 2.45) is 0 Å². The molecule has 0 aliphatic carbocycles. The maximum Gasteiger partial charge on any atom is 0.126 e. The molecule has 0 fully saturated rings. The van der Waals surface area contributed by atoms with Gasteiger partial charge in [-0.25, -0.2) is 8.78 Å². The van der Waals surface area contributed by atoms with Gasteiger partial charge < -0.3 is 10.4 Å². The molecule has 106 valence electrons. The quantitative estimate of drug-likeness (QED) is 0.884. The van der Waals surface area contributed by atoms with Crippen LogP contribution in [0.25, 0.3) is 0 Å². The fraction of sp³-hybridized carbons (Fsp3) is 0.267. The number of hydrogen-bond acceptors (Lipinski definition) is 3. The van der Waals surface area contributed by atoms with Crippen LogP contribution in [0.15, 0.2) is 42.7 Å². The van der Waals surface area contributed by atoms with Gasteiger partial charge in [-0.3, -0.25) is 4.98 Å². The molecule has 0 aliphatic rings. The number of nitrogens with one attached hydrogen (secondary N) is 1. The van der Waals surface area contributed by atoms with Gasteiger partial charge in [-0.2, -0.15) is 0 Å². The fourth-order valence-electron chi connectivity index (χ4n) is 1.93. The summed E-state index contributed by atoms with van der Waals surface area (Å²) in [7, 11) is 0. The lowest BCUT2D eigenvalue weighted by molar-refractivity contribution is 0.170. The number of benzene rings is 1. The number of halogens is 2. The van der Waals surface area contributed by atoms with Gasteiger partial charge in [-0.15, -0.1) is 0 Å². The van der Waals surface area contributed by atoms with Crippen LogP contribution in [0.4, 0.5) is 8.78 Å². The highest BCUT2D eigenvalue weighted by Gasteiger charge is 2.12. The predicted octanol–water partition coefficient (Wildman–Crippen LogP) is 2.74. The first kappa shape index (κ1) is 14.6. The zero-order chi connectivity index (χ0) is 14.5. The zero-order valence-electron chi connectivity index (χ0n) is 11.1. The van der Waals surface area contributed by atoms with Crippen molar-refractivity contribution in [1.29, 1.82) is 0 Å². The molecule has 2 rings (SSSR count). The van der Waals surface area contributed by atoms with Crippen molar-refractivity contribution in [1.82, 2.24) is 10.3 Å². The molecule has 1 aromatic heterocycles. The Morgan fingerprint density at radius 3 is 2.30 bits per heavy atom. The molecule has 0 bridgehead atoms. The van der Waals surface area contributed by atoms with Crippen molar-refractivity contribution in [2.75, 3.05) is 6.54 Å². The molecule has 20 heavy (non-hydrogen) atoms. The van der Waals surface area contributed by atoms with E-state index in [1.165, 1.54) is 12.1 Å². The average molecular weight is 278 g/mol. The molecule has 0 radical (unpaired) electrons. The number of nitrogens with zero attached hydrogens (tertiary/aromatic N) is 1. The van der Waals surface area contributed by atoms with Crippen molar-refractivity contribution in [3.8, 4) is 0 Å². The summed E-state index contributed by atoms with van der Waals surface area (Å²) >= 11 is 0. The fourth-order valence-corrected chi connectivity index (χ4v) is 1.93. The number of aromatic nitrogens is 1. The van der Waals surface area contributed by atoms with Crippen molar-refractivity contribution in [2.45, 2.75) is 19.1 Å². The van der Waals surface area contributed by atoms with Gasteiger partial charge in [-0.05, 0) is 42.3 Å². The first-order chi connectivity index (χ1) is 9.56. The molecule has 0 saturated heterocycles. The molecule has 0 unspecified atom stereocenters. The summed E-state index contributed by atoms with van der Waals surface area (Å²) < 4.78 is 26.3. The van der Waals surface area contributed by atoms with E-state index in [1.54, 1.807) is 31.5 Å². The van der Waals surface area contributed by atoms with Crippen LogP contribution in [-0.2, 0) is 0 Å². The van der Waals surface area contributed by atoms with E-state index < -0.39 is 17.7 Å².